The lowest BCUT2D eigenvalue weighted by Gasteiger charge is -2.38. The second kappa shape index (κ2) is 7.32. The summed E-state index contributed by atoms with van der Waals surface area (Å²) in [6.07, 6.45) is 6.48. The maximum atomic E-state index is 12.9. The van der Waals surface area contributed by atoms with Crippen molar-refractivity contribution in [2.24, 2.45) is 23.7 Å². The molecule has 2 saturated heterocycles. The first-order valence-corrected chi connectivity index (χ1v) is 10.7. The van der Waals surface area contributed by atoms with E-state index >= 15 is 0 Å². The normalized spacial score (nSPS) is 30.8. The third-order valence-corrected chi connectivity index (χ3v) is 7.15. The highest BCUT2D eigenvalue weighted by atomic mass is 16.2. The fourth-order valence-corrected chi connectivity index (χ4v) is 5.57. The van der Waals surface area contributed by atoms with Crippen LogP contribution in [-0.2, 0) is 14.4 Å². The summed E-state index contributed by atoms with van der Waals surface area (Å²) in [4.78, 5) is 44.0. The van der Waals surface area contributed by atoms with Crippen LogP contribution in [0.3, 0.4) is 0 Å². The number of carbonyl (C=O) groups is 3. The van der Waals surface area contributed by atoms with Gasteiger partial charge in [0.25, 0.3) is 0 Å². The van der Waals surface area contributed by atoms with Crippen molar-refractivity contribution in [1.82, 2.24) is 9.80 Å². The molecule has 5 aliphatic rings. The van der Waals surface area contributed by atoms with E-state index in [2.05, 4.69) is 29.2 Å². The van der Waals surface area contributed by atoms with Crippen LogP contribution in [0.2, 0.25) is 0 Å². The van der Waals surface area contributed by atoms with Crippen molar-refractivity contribution < 1.29 is 14.4 Å². The summed E-state index contributed by atoms with van der Waals surface area (Å²) in [6.45, 7) is 3.18. The van der Waals surface area contributed by atoms with E-state index < -0.39 is 0 Å². The van der Waals surface area contributed by atoms with Crippen LogP contribution >= 0.6 is 0 Å². The number of fused-ring (bicyclic) bond motifs is 1. The van der Waals surface area contributed by atoms with E-state index in [1.807, 2.05) is 23.1 Å². The smallest absolute Gasteiger partial charge is 0.233 e. The summed E-state index contributed by atoms with van der Waals surface area (Å²) in [5, 5.41) is 0. The zero-order valence-electron chi connectivity index (χ0n) is 16.6. The predicted molar refractivity (Wildman–Crippen MR) is 109 cm³/mol. The molecular formula is C23H27N3O3. The van der Waals surface area contributed by atoms with E-state index in [0.29, 0.717) is 13.1 Å². The van der Waals surface area contributed by atoms with Crippen LogP contribution in [0.4, 0.5) is 5.69 Å². The number of rotatable bonds is 4. The number of hydrogen-bond acceptors (Lipinski definition) is 4. The minimum Gasteiger partial charge on any atom is -0.368 e. The van der Waals surface area contributed by atoms with Crippen LogP contribution in [0.5, 0.6) is 0 Å². The molecule has 6 heteroatoms. The zero-order valence-corrected chi connectivity index (χ0v) is 16.6. The summed E-state index contributed by atoms with van der Waals surface area (Å²) < 4.78 is 0. The second-order valence-electron chi connectivity index (χ2n) is 8.62. The van der Waals surface area contributed by atoms with Gasteiger partial charge in [-0.25, -0.2) is 0 Å². The number of amides is 3. The highest BCUT2D eigenvalue weighted by molar-refractivity contribution is 6.06. The quantitative estimate of drug-likeness (QED) is 0.579. The standard InChI is InChI=1S/C23H27N3O3/c27-19(25-14-12-24(13-15-25)18-4-2-1-3-5-18)10-11-26-22(28)20-16-6-7-17(9-8-16)21(20)23(26)29/h1-7,16-17,20-21H,8-15H2/t16-,17-,20-,21+/m0/s1. The summed E-state index contributed by atoms with van der Waals surface area (Å²) in [5.41, 5.74) is 1.18. The van der Waals surface area contributed by atoms with Crippen molar-refractivity contribution in [3.05, 3.63) is 42.5 Å². The van der Waals surface area contributed by atoms with Crippen LogP contribution in [0.25, 0.3) is 0 Å². The molecule has 6 nitrogen and oxygen atoms in total. The van der Waals surface area contributed by atoms with Gasteiger partial charge in [0, 0.05) is 44.8 Å². The molecule has 6 rings (SSSR count). The number of carbonyl (C=O) groups excluding carboxylic acids is 3. The van der Waals surface area contributed by atoms with Crippen LogP contribution in [0.15, 0.2) is 42.5 Å². The van der Waals surface area contributed by atoms with Crippen molar-refractivity contribution >= 4 is 23.4 Å². The molecule has 0 spiro atoms. The van der Waals surface area contributed by atoms with E-state index in [9.17, 15) is 14.4 Å². The van der Waals surface area contributed by atoms with Gasteiger partial charge in [0.2, 0.25) is 17.7 Å². The molecule has 3 aliphatic carbocycles. The number of hydrogen-bond donors (Lipinski definition) is 0. The first-order valence-electron chi connectivity index (χ1n) is 10.7. The first-order chi connectivity index (χ1) is 14.1. The van der Waals surface area contributed by atoms with Gasteiger partial charge in [0.1, 0.15) is 0 Å². The van der Waals surface area contributed by atoms with Crippen molar-refractivity contribution in [3.63, 3.8) is 0 Å². The Bertz CT molecular complexity index is 812. The van der Waals surface area contributed by atoms with Crippen LogP contribution in [0, 0.1) is 23.7 Å². The zero-order chi connectivity index (χ0) is 20.0. The Kier molecular flexibility index (Phi) is 4.64. The summed E-state index contributed by atoms with van der Waals surface area (Å²) in [6, 6.07) is 10.2. The lowest BCUT2D eigenvalue weighted by atomic mass is 9.63. The van der Waals surface area contributed by atoms with E-state index in [-0.39, 0.29) is 54.4 Å². The highest BCUT2D eigenvalue weighted by Crippen LogP contribution is 2.49. The number of imide groups is 1. The Morgan fingerprint density at radius 3 is 2.00 bits per heavy atom. The predicted octanol–water partition coefficient (Wildman–Crippen LogP) is 1.92. The number of para-hydroxylation sites is 1. The molecule has 3 fully saturated rings. The van der Waals surface area contributed by atoms with E-state index in [4.69, 9.17) is 0 Å². The SMILES string of the molecule is O=C(CCN1C(=O)[C@@H]2[C@H](C1=O)[C@H]1C=C[C@H]2CC1)N1CCN(c2ccccc2)CC1. The molecular weight excluding hydrogens is 366 g/mol. The largest absolute Gasteiger partial charge is 0.368 e. The second-order valence-corrected chi connectivity index (χ2v) is 8.62. The van der Waals surface area contributed by atoms with Crippen molar-refractivity contribution in [3.8, 4) is 0 Å². The average Bonchev–Trinajstić information content (AvgIpc) is 3.05. The number of allylic oxidation sites excluding steroid dienone is 2. The van der Waals surface area contributed by atoms with Gasteiger partial charge < -0.3 is 9.80 Å². The van der Waals surface area contributed by atoms with Crippen LogP contribution < -0.4 is 4.90 Å². The van der Waals surface area contributed by atoms with E-state index in [1.165, 1.54) is 10.6 Å². The number of likely N-dealkylation sites (tertiary alicyclic amines) is 1. The monoisotopic (exact) mass is 393 g/mol. The van der Waals surface area contributed by atoms with Gasteiger partial charge in [-0.2, -0.15) is 0 Å². The Hall–Kier alpha value is -2.63. The molecule has 3 amide bonds. The molecule has 2 bridgehead atoms. The van der Waals surface area contributed by atoms with Gasteiger partial charge in [-0.3, -0.25) is 19.3 Å². The number of benzene rings is 1. The van der Waals surface area contributed by atoms with Gasteiger partial charge in [-0.1, -0.05) is 30.4 Å². The number of nitrogens with zero attached hydrogens (tertiary/aromatic N) is 3. The Morgan fingerprint density at radius 1 is 0.862 bits per heavy atom. The molecule has 4 atom stereocenters. The maximum Gasteiger partial charge on any atom is 0.233 e. The Labute approximate surface area is 171 Å². The first kappa shape index (κ1) is 18.4. The van der Waals surface area contributed by atoms with E-state index in [1.54, 1.807) is 0 Å². The highest BCUT2D eigenvalue weighted by Gasteiger charge is 2.56. The Balaban J connectivity index is 1.16. The van der Waals surface area contributed by atoms with Crippen molar-refractivity contribution in [1.29, 1.82) is 0 Å². The summed E-state index contributed by atoms with van der Waals surface area (Å²) >= 11 is 0. The van der Waals surface area contributed by atoms with Crippen molar-refractivity contribution in [2.45, 2.75) is 19.3 Å². The topological polar surface area (TPSA) is 60.9 Å². The summed E-state index contributed by atoms with van der Waals surface area (Å²) in [7, 11) is 0. The van der Waals surface area contributed by atoms with Gasteiger partial charge in [0.15, 0.2) is 0 Å². The third kappa shape index (κ3) is 3.15. The molecule has 152 valence electrons. The molecule has 1 aromatic carbocycles. The molecule has 0 unspecified atom stereocenters. The lowest BCUT2D eigenvalue weighted by Crippen LogP contribution is -2.49. The van der Waals surface area contributed by atoms with Gasteiger partial charge in [-0.05, 0) is 36.8 Å². The van der Waals surface area contributed by atoms with Gasteiger partial charge in [-0.15, -0.1) is 0 Å². The Morgan fingerprint density at radius 2 is 1.45 bits per heavy atom. The lowest BCUT2D eigenvalue weighted by molar-refractivity contribution is -0.141. The molecule has 1 aromatic rings. The van der Waals surface area contributed by atoms with E-state index in [0.717, 1.165) is 25.9 Å². The fourth-order valence-electron chi connectivity index (χ4n) is 5.57. The molecule has 0 aromatic heterocycles. The molecule has 1 saturated carbocycles. The molecule has 0 radical (unpaired) electrons. The average molecular weight is 393 g/mol. The molecule has 2 heterocycles. The third-order valence-electron chi connectivity index (χ3n) is 7.15. The van der Waals surface area contributed by atoms with Gasteiger partial charge in [0.05, 0.1) is 11.8 Å². The molecule has 29 heavy (non-hydrogen) atoms. The maximum absolute atomic E-state index is 12.9. The van der Waals surface area contributed by atoms with Crippen LogP contribution in [0.1, 0.15) is 19.3 Å². The fraction of sp³-hybridized carbons (Fsp3) is 0.522. The number of anilines is 1. The minimum absolute atomic E-state index is 0.0364. The molecule has 0 N–H and O–H groups in total. The molecule has 2 aliphatic heterocycles. The number of piperazine rings is 1. The van der Waals surface area contributed by atoms with Gasteiger partial charge >= 0.3 is 0 Å². The van der Waals surface area contributed by atoms with Crippen molar-refractivity contribution in [2.75, 3.05) is 37.6 Å². The van der Waals surface area contributed by atoms with Crippen LogP contribution in [-0.4, -0.2) is 60.2 Å². The summed E-state index contributed by atoms with van der Waals surface area (Å²) in [5.74, 6) is -0.0382. The minimum atomic E-state index is -0.184.